The maximum absolute atomic E-state index is 11.6. The van der Waals surface area contributed by atoms with Crippen molar-refractivity contribution < 1.29 is 9.32 Å². The zero-order chi connectivity index (χ0) is 11.4. The fourth-order valence-corrected chi connectivity index (χ4v) is 1.49. The number of aromatic nitrogens is 1. The van der Waals surface area contributed by atoms with E-state index in [1.165, 1.54) is 12.5 Å². The van der Waals surface area contributed by atoms with Crippen LogP contribution in [-0.2, 0) is 11.2 Å². The van der Waals surface area contributed by atoms with Crippen molar-refractivity contribution >= 4 is 23.2 Å². The van der Waals surface area contributed by atoms with E-state index in [2.05, 4.69) is 15.0 Å². The quantitative estimate of drug-likeness (QED) is 0.891. The SMILES string of the molecule is O=C(Cc1ccccc1Cl)Nc1cnoc1. The van der Waals surface area contributed by atoms with E-state index >= 15 is 0 Å². The Labute approximate surface area is 97.2 Å². The normalized spacial score (nSPS) is 10.1. The van der Waals surface area contributed by atoms with Crippen LogP contribution in [0.5, 0.6) is 0 Å². The Hall–Kier alpha value is -1.81. The van der Waals surface area contributed by atoms with Crippen molar-refractivity contribution in [2.45, 2.75) is 6.42 Å². The fraction of sp³-hybridized carbons (Fsp3) is 0.0909. The molecule has 1 aromatic heterocycles. The molecule has 0 atom stereocenters. The molecule has 0 spiro atoms. The maximum atomic E-state index is 11.6. The third-order valence-corrected chi connectivity index (χ3v) is 2.39. The highest BCUT2D eigenvalue weighted by Gasteiger charge is 2.07. The van der Waals surface area contributed by atoms with Crippen LogP contribution >= 0.6 is 11.6 Å². The molecule has 0 fully saturated rings. The maximum Gasteiger partial charge on any atom is 0.228 e. The topological polar surface area (TPSA) is 55.1 Å². The molecule has 0 aliphatic heterocycles. The predicted molar refractivity (Wildman–Crippen MR) is 60.3 cm³/mol. The van der Waals surface area contributed by atoms with Gasteiger partial charge in [0.1, 0.15) is 12.0 Å². The molecule has 0 aliphatic carbocycles. The second-order valence-corrected chi connectivity index (χ2v) is 3.64. The summed E-state index contributed by atoms with van der Waals surface area (Å²) in [4.78, 5) is 11.6. The van der Waals surface area contributed by atoms with Crippen LogP contribution in [-0.4, -0.2) is 11.1 Å². The van der Waals surface area contributed by atoms with Gasteiger partial charge in [0.05, 0.1) is 12.6 Å². The summed E-state index contributed by atoms with van der Waals surface area (Å²) in [5.74, 6) is -0.156. The average Bonchev–Trinajstić information content (AvgIpc) is 2.74. The number of benzene rings is 1. The second-order valence-electron chi connectivity index (χ2n) is 3.23. The zero-order valence-corrected chi connectivity index (χ0v) is 9.07. The zero-order valence-electron chi connectivity index (χ0n) is 8.31. The summed E-state index contributed by atoms with van der Waals surface area (Å²) in [5.41, 5.74) is 1.33. The number of hydrogen-bond donors (Lipinski definition) is 1. The van der Waals surface area contributed by atoms with Crippen LogP contribution < -0.4 is 5.32 Å². The minimum Gasteiger partial charge on any atom is -0.363 e. The lowest BCUT2D eigenvalue weighted by molar-refractivity contribution is -0.115. The van der Waals surface area contributed by atoms with Gasteiger partial charge in [-0.3, -0.25) is 4.79 Å². The number of rotatable bonds is 3. The summed E-state index contributed by atoms with van der Waals surface area (Å²) >= 11 is 5.94. The van der Waals surface area contributed by atoms with Gasteiger partial charge in [-0.15, -0.1) is 0 Å². The summed E-state index contributed by atoms with van der Waals surface area (Å²) < 4.78 is 4.60. The number of hydrogen-bond acceptors (Lipinski definition) is 3. The molecule has 0 unspecified atom stereocenters. The van der Waals surface area contributed by atoms with Crippen LogP contribution in [0, 0.1) is 0 Å². The summed E-state index contributed by atoms with van der Waals surface area (Å²) in [6, 6.07) is 7.23. The highest BCUT2D eigenvalue weighted by atomic mass is 35.5. The van der Waals surface area contributed by atoms with Gasteiger partial charge >= 0.3 is 0 Å². The van der Waals surface area contributed by atoms with E-state index in [0.717, 1.165) is 5.56 Å². The molecular formula is C11H9ClN2O2. The first-order valence-corrected chi connectivity index (χ1v) is 5.06. The molecule has 16 heavy (non-hydrogen) atoms. The monoisotopic (exact) mass is 236 g/mol. The summed E-state index contributed by atoms with van der Waals surface area (Å²) in [5, 5.41) is 6.71. The van der Waals surface area contributed by atoms with E-state index in [9.17, 15) is 4.79 Å². The first kappa shape index (κ1) is 10.7. The molecule has 1 amide bonds. The molecule has 0 bridgehead atoms. The summed E-state index contributed by atoms with van der Waals surface area (Å²) in [7, 11) is 0. The van der Waals surface area contributed by atoms with Gasteiger partial charge in [-0.05, 0) is 11.6 Å². The Morgan fingerprint density at radius 3 is 2.94 bits per heavy atom. The van der Waals surface area contributed by atoms with Gasteiger partial charge in [0.25, 0.3) is 0 Å². The van der Waals surface area contributed by atoms with Crippen molar-refractivity contribution in [3.63, 3.8) is 0 Å². The number of nitrogens with zero attached hydrogens (tertiary/aromatic N) is 1. The largest absolute Gasteiger partial charge is 0.363 e. The van der Waals surface area contributed by atoms with Gasteiger partial charge < -0.3 is 9.84 Å². The van der Waals surface area contributed by atoms with Gasteiger partial charge in [0, 0.05) is 5.02 Å². The molecule has 2 aromatic rings. The number of carbonyl (C=O) groups excluding carboxylic acids is 1. The van der Waals surface area contributed by atoms with Crippen LogP contribution in [0.25, 0.3) is 0 Å². The predicted octanol–water partition coefficient (Wildman–Crippen LogP) is 2.51. The third kappa shape index (κ3) is 2.61. The first-order chi connectivity index (χ1) is 7.75. The molecule has 5 heteroatoms. The Morgan fingerprint density at radius 2 is 2.25 bits per heavy atom. The minimum absolute atomic E-state index is 0.156. The van der Waals surface area contributed by atoms with Crippen LogP contribution in [0.3, 0.4) is 0 Å². The van der Waals surface area contributed by atoms with Crippen molar-refractivity contribution in [2.75, 3.05) is 5.32 Å². The molecule has 2 rings (SSSR count). The molecule has 4 nitrogen and oxygen atoms in total. The van der Waals surface area contributed by atoms with Gasteiger partial charge in [0.15, 0.2) is 0 Å². The lowest BCUT2D eigenvalue weighted by Gasteiger charge is -2.03. The summed E-state index contributed by atoms with van der Waals surface area (Å²) in [6.07, 6.45) is 3.03. The standard InChI is InChI=1S/C11H9ClN2O2/c12-10-4-2-1-3-8(10)5-11(15)14-9-6-13-16-7-9/h1-4,6-7H,5H2,(H,14,15). The Kier molecular flexibility index (Phi) is 3.22. The number of nitrogens with one attached hydrogen (secondary N) is 1. The number of anilines is 1. The van der Waals surface area contributed by atoms with Crippen molar-refractivity contribution in [1.82, 2.24) is 5.16 Å². The number of halogens is 1. The molecule has 82 valence electrons. The van der Waals surface area contributed by atoms with Crippen LogP contribution in [0.1, 0.15) is 5.56 Å². The molecule has 1 aromatic carbocycles. The third-order valence-electron chi connectivity index (χ3n) is 2.02. The Bertz CT molecular complexity index is 482. The van der Waals surface area contributed by atoms with Gasteiger partial charge in [0.2, 0.25) is 5.91 Å². The fourth-order valence-electron chi connectivity index (χ4n) is 1.29. The lowest BCUT2D eigenvalue weighted by atomic mass is 10.1. The highest BCUT2D eigenvalue weighted by Crippen LogP contribution is 2.16. The second kappa shape index (κ2) is 4.81. The lowest BCUT2D eigenvalue weighted by Crippen LogP contribution is -2.14. The van der Waals surface area contributed by atoms with Crippen molar-refractivity contribution in [3.8, 4) is 0 Å². The number of amides is 1. The van der Waals surface area contributed by atoms with E-state index in [1.54, 1.807) is 6.07 Å². The van der Waals surface area contributed by atoms with Crippen LogP contribution in [0.2, 0.25) is 5.02 Å². The molecular weight excluding hydrogens is 228 g/mol. The van der Waals surface area contributed by atoms with E-state index in [0.29, 0.717) is 10.7 Å². The Morgan fingerprint density at radius 1 is 1.44 bits per heavy atom. The van der Waals surface area contributed by atoms with E-state index < -0.39 is 0 Å². The van der Waals surface area contributed by atoms with E-state index in [1.807, 2.05) is 18.2 Å². The first-order valence-electron chi connectivity index (χ1n) is 4.68. The van der Waals surface area contributed by atoms with E-state index in [-0.39, 0.29) is 12.3 Å². The smallest absolute Gasteiger partial charge is 0.228 e. The molecule has 1 N–H and O–H groups in total. The molecule has 0 radical (unpaired) electrons. The van der Waals surface area contributed by atoms with Crippen LogP contribution in [0.4, 0.5) is 5.69 Å². The minimum atomic E-state index is -0.156. The average molecular weight is 237 g/mol. The van der Waals surface area contributed by atoms with Gasteiger partial charge in [-0.2, -0.15) is 0 Å². The molecule has 0 saturated heterocycles. The van der Waals surface area contributed by atoms with Crippen molar-refractivity contribution in [1.29, 1.82) is 0 Å². The van der Waals surface area contributed by atoms with Crippen LogP contribution in [0.15, 0.2) is 41.2 Å². The van der Waals surface area contributed by atoms with Crippen molar-refractivity contribution in [2.24, 2.45) is 0 Å². The van der Waals surface area contributed by atoms with Crippen molar-refractivity contribution in [3.05, 3.63) is 47.3 Å². The van der Waals surface area contributed by atoms with Gasteiger partial charge in [-0.1, -0.05) is 35.0 Å². The Balaban J connectivity index is 2.00. The number of carbonyl (C=O) groups is 1. The summed E-state index contributed by atoms with van der Waals surface area (Å²) in [6.45, 7) is 0. The highest BCUT2D eigenvalue weighted by molar-refractivity contribution is 6.31. The molecule has 1 heterocycles. The van der Waals surface area contributed by atoms with E-state index in [4.69, 9.17) is 11.6 Å². The molecule has 0 aliphatic rings. The molecule has 0 saturated carbocycles. The van der Waals surface area contributed by atoms with Gasteiger partial charge in [-0.25, -0.2) is 0 Å².